The van der Waals surface area contributed by atoms with Crippen molar-refractivity contribution < 1.29 is 14.6 Å². The number of carbonyl (C=O) groups excluding carboxylic acids is 1. The molecular formula is C18H28O3. The van der Waals surface area contributed by atoms with Gasteiger partial charge in [0.05, 0.1) is 12.7 Å². The Balaban J connectivity index is 2.31. The van der Waals surface area contributed by atoms with Crippen molar-refractivity contribution in [1.82, 2.24) is 0 Å². The monoisotopic (exact) mass is 292 g/mol. The van der Waals surface area contributed by atoms with Crippen LogP contribution < -0.4 is 0 Å². The van der Waals surface area contributed by atoms with Gasteiger partial charge in [-0.05, 0) is 18.4 Å². The number of aryl methyl sites for hydroxylation is 1. The normalized spacial score (nSPS) is 13.0. The van der Waals surface area contributed by atoms with E-state index in [2.05, 4.69) is 6.92 Å². The molecule has 3 heteroatoms. The number of aliphatic hydroxyl groups is 1. The average molecular weight is 292 g/mol. The highest BCUT2D eigenvalue weighted by atomic mass is 16.5. The lowest BCUT2D eigenvalue weighted by molar-refractivity contribution is -0.149. The fraction of sp³-hybridized carbons (Fsp3) is 0.611. The molecule has 0 amide bonds. The van der Waals surface area contributed by atoms with Gasteiger partial charge in [-0.15, -0.1) is 0 Å². The summed E-state index contributed by atoms with van der Waals surface area (Å²) in [6, 6.07) is 9.90. The number of aliphatic hydroxyl groups excluding tert-OH is 1. The molecule has 0 aliphatic carbocycles. The summed E-state index contributed by atoms with van der Waals surface area (Å²) >= 11 is 0. The van der Waals surface area contributed by atoms with Crippen LogP contribution in [0.1, 0.15) is 52.0 Å². The number of unbranched alkanes of at least 4 members (excludes halogenated alkanes) is 1. The number of hydrogen-bond donors (Lipinski definition) is 1. The standard InChI is InChI=1S/C18H28O3/c1-4-5-11-16(19)18(2,3)14-21-17(20)13-12-15-9-7-6-8-10-15/h6-10,16,19H,4-5,11-14H2,1-3H3. The summed E-state index contributed by atoms with van der Waals surface area (Å²) in [6.07, 6.45) is 3.45. The number of hydrogen-bond acceptors (Lipinski definition) is 3. The molecule has 0 fully saturated rings. The van der Waals surface area contributed by atoms with Gasteiger partial charge >= 0.3 is 5.97 Å². The molecule has 0 aromatic heterocycles. The molecule has 0 aliphatic rings. The maximum Gasteiger partial charge on any atom is 0.306 e. The first kappa shape index (κ1) is 17.7. The van der Waals surface area contributed by atoms with Gasteiger partial charge in [0.25, 0.3) is 0 Å². The lowest BCUT2D eigenvalue weighted by Crippen LogP contribution is -2.34. The van der Waals surface area contributed by atoms with Gasteiger partial charge < -0.3 is 9.84 Å². The number of esters is 1. The molecular weight excluding hydrogens is 264 g/mol. The minimum atomic E-state index is -0.431. The molecule has 0 bridgehead atoms. The van der Waals surface area contributed by atoms with Crippen LogP contribution in [0.25, 0.3) is 0 Å². The highest BCUT2D eigenvalue weighted by molar-refractivity contribution is 5.69. The number of carbonyl (C=O) groups is 1. The van der Waals surface area contributed by atoms with E-state index in [0.717, 1.165) is 24.8 Å². The predicted molar refractivity (Wildman–Crippen MR) is 85.0 cm³/mol. The highest BCUT2D eigenvalue weighted by Crippen LogP contribution is 2.25. The second-order valence-corrected chi connectivity index (χ2v) is 6.29. The van der Waals surface area contributed by atoms with Gasteiger partial charge in [0.2, 0.25) is 0 Å². The minimum Gasteiger partial charge on any atom is -0.465 e. The molecule has 0 aliphatic heterocycles. The van der Waals surface area contributed by atoms with E-state index in [-0.39, 0.29) is 12.6 Å². The number of rotatable bonds is 9. The van der Waals surface area contributed by atoms with E-state index in [1.165, 1.54) is 0 Å². The zero-order valence-corrected chi connectivity index (χ0v) is 13.5. The highest BCUT2D eigenvalue weighted by Gasteiger charge is 2.28. The lowest BCUT2D eigenvalue weighted by Gasteiger charge is -2.30. The third kappa shape index (κ3) is 6.76. The zero-order chi connectivity index (χ0) is 15.7. The van der Waals surface area contributed by atoms with Crippen molar-refractivity contribution in [2.24, 2.45) is 5.41 Å². The topological polar surface area (TPSA) is 46.5 Å². The molecule has 0 heterocycles. The van der Waals surface area contributed by atoms with Gasteiger partial charge in [-0.25, -0.2) is 0 Å². The summed E-state index contributed by atoms with van der Waals surface area (Å²) in [7, 11) is 0. The fourth-order valence-corrected chi connectivity index (χ4v) is 2.11. The fourth-order valence-electron chi connectivity index (χ4n) is 2.11. The largest absolute Gasteiger partial charge is 0.465 e. The van der Waals surface area contributed by atoms with Crippen molar-refractivity contribution >= 4 is 5.97 Å². The Morgan fingerprint density at radius 1 is 1.29 bits per heavy atom. The summed E-state index contributed by atoms with van der Waals surface area (Å²) in [5.74, 6) is -0.199. The Hall–Kier alpha value is -1.35. The first-order valence-corrected chi connectivity index (χ1v) is 7.83. The van der Waals surface area contributed by atoms with Crippen LogP contribution in [0.3, 0.4) is 0 Å². The maximum absolute atomic E-state index is 11.8. The van der Waals surface area contributed by atoms with E-state index in [1.807, 2.05) is 44.2 Å². The van der Waals surface area contributed by atoms with Gasteiger partial charge in [-0.3, -0.25) is 4.79 Å². The molecule has 3 nitrogen and oxygen atoms in total. The molecule has 1 rings (SSSR count). The SMILES string of the molecule is CCCCC(O)C(C)(C)COC(=O)CCc1ccccc1. The minimum absolute atomic E-state index is 0.199. The summed E-state index contributed by atoms with van der Waals surface area (Å²) < 4.78 is 5.33. The first-order valence-electron chi connectivity index (χ1n) is 7.83. The second kappa shape index (κ2) is 8.83. The van der Waals surface area contributed by atoms with E-state index in [4.69, 9.17) is 4.74 Å². The van der Waals surface area contributed by atoms with Gasteiger partial charge in [-0.2, -0.15) is 0 Å². The molecule has 1 atom stereocenters. The van der Waals surface area contributed by atoms with E-state index in [1.54, 1.807) is 0 Å². The first-order chi connectivity index (χ1) is 9.95. The summed E-state index contributed by atoms with van der Waals surface area (Å²) in [5, 5.41) is 10.1. The molecule has 0 saturated heterocycles. The smallest absolute Gasteiger partial charge is 0.306 e. The zero-order valence-electron chi connectivity index (χ0n) is 13.5. The van der Waals surface area contributed by atoms with E-state index < -0.39 is 11.5 Å². The van der Waals surface area contributed by atoms with Crippen LogP contribution >= 0.6 is 0 Å². The summed E-state index contributed by atoms with van der Waals surface area (Å²) in [5.41, 5.74) is 0.745. The summed E-state index contributed by atoms with van der Waals surface area (Å²) in [4.78, 5) is 11.8. The molecule has 1 aromatic rings. The van der Waals surface area contributed by atoms with Crippen molar-refractivity contribution in [3.8, 4) is 0 Å². The van der Waals surface area contributed by atoms with Crippen LogP contribution in [-0.4, -0.2) is 23.8 Å². The van der Waals surface area contributed by atoms with Gasteiger partial charge in [0, 0.05) is 11.8 Å². The molecule has 1 aromatic carbocycles. The molecule has 0 radical (unpaired) electrons. The number of ether oxygens (including phenoxy) is 1. The maximum atomic E-state index is 11.8. The molecule has 0 spiro atoms. The van der Waals surface area contributed by atoms with Crippen molar-refractivity contribution in [1.29, 1.82) is 0 Å². The molecule has 1 N–H and O–H groups in total. The predicted octanol–water partition coefficient (Wildman–Crippen LogP) is 3.74. The van der Waals surface area contributed by atoms with E-state index in [0.29, 0.717) is 12.8 Å². The Labute approximate surface area is 128 Å². The molecule has 0 saturated carbocycles. The quantitative estimate of drug-likeness (QED) is 0.705. The van der Waals surface area contributed by atoms with Gasteiger partial charge in [0.15, 0.2) is 0 Å². The third-order valence-electron chi connectivity index (χ3n) is 3.80. The van der Waals surface area contributed by atoms with Crippen LogP contribution in [0.2, 0.25) is 0 Å². The van der Waals surface area contributed by atoms with Gasteiger partial charge in [-0.1, -0.05) is 63.9 Å². The average Bonchev–Trinajstić information content (AvgIpc) is 2.49. The van der Waals surface area contributed by atoms with Crippen molar-refractivity contribution in [2.45, 2.75) is 59.0 Å². The molecule has 118 valence electrons. The third-order valence-corrected chi connectivity index (χ3v) is 3.80. The van der Waals surface area contributed by atoms with Crippen molar-refractivity contribution in [2.75, 3.05) is 6.61 Å². The van der Waals surface area contributed by atoms with Crippen LogP contribution in [0.4, 0.5) is 0 Å². The van der Waals surface area contributed by atoms with Crippen LogP contribution in [0, 0.1) is 5.41 Å². The Bertz CT molecular complexity index is 412. The number of benzene rings is 1. The van der Waals surface area contributed by atoms with Gasteiger partial charge in [0.1, 0.15) is 0 Å². The summed E-state index contributed by atoms with van der Waals surface area (Å²) in [6.45, 7) is 6.25. The van der Waals surface area contributed by atoms with Crippen LogP contribution in [-0.2, 0) is 16.0 Å². The van der Waals surface area contributed by atoms with Crippen LogP contribution in [0.15, 0.2) is 30.3 Å². The van der Waals surface area contributed by atoms with E-state index >= 15 is 0 Å². The Kier molecular flexibility index (Phi) is 7.44. The van der Waals surface area contributed by atoms with Crippen LogP contribution in [0.5, 0.6) is 0 Å². The molecule has 21 heavy (non-hydrogen) atoms. The van der Waals surface area contributed by atoms with E-state index in [9.17, 15) is 9.90 Å². The molecule has 1 unspecified atom stereocenters. The second-order valence-electron chi connectivity index (χ2n) is 6.29. The van der Waals surface area contributed by atoms with Crippen molar-refractivity contribution in [3.63, 3.8) is 0 Å². The van der Waals surface area contributed by atoms with Crippen molar-refractivity contribution in [3.05, 3.63) is 35.9 Å². The lowest BCUT2D eigenvalue weighted by atomic mass is 9.85. The Morgan fingerprint density at radius 2 is 1.95 bits per heavy atom. The Morgan fingerprint density at radius 3 is 2.57 bits per heavy atom.